The van der Waals surface area contributed by atoms with E-state index in [1.54, 1.807) is 6.07 Å². The van der Waals surface area contributed by atoms with Crippen LogP contribution < -0.4 is 5.32 Å². The molecule has 0 heterocycles. The maximum absolute atomic E-state index is 13.4. The van der Waals surface area contributed by atoms with Gasteiger partial charge >= 0.3 is 0 Å². The summed E-state index contributed by atoms with van der Waals surface area (Å²) in [5.74, 6) is -0.317. The summed E-state index contributed by atoms with van der Waals surface area (Å²) in [7, 11) is 0. The van der Waals surface area contributed by atoms with E-state index in [9.17, 15) is 9.18 Å². The minimum absolute atomic E-state index is 0.0527. The van der Waals surface area contributed by atoms with Crippen molar-refractivity contribution < 1.29 is 9.18 Å². The molecule has 0 bridgehead atoms. The van der Waals surface area contributed by atoms with Crippen molar-refractivity contribution in [1.29, 1.82) is 0 Å². The van der Waals surface area contributed by atoms with Crippen molar-refractivity contribution in [1.82, 2.24) is 5.32 Å². The Kier molecular flexibility index (Phi) is 4.79. The third kappa shape index (κ3) is 3.84. The average Bonchev–Trinajstić information content (AvgIpc) is 2.40. The van der Waals surface area contributed by atoms with Crippen LogP contribution in [0.25, 0.3) is 11.1 Å². The highest BCUT2D eigenvalue weighted by atomic mass is 32.1. The number of rotatable bonds is 4. The van der Waals surface area contributed by atoms with Crippen LogP contribution in [-0.4, -0.2) is 12.5 Å². The summed E-state index contributed by atoms with van der Waals surface area (Å²) < 4.78 is 13.4. The van der Waals surface area contributed by atoms with Gasteiger partial charge in [0.05, 0.1) is 0 Å². The van der Waals surface area contributed by atoms with E-state index in [0.717, 1.165) is 21.6 Å². The molecule has 0 saturated heterocycles. The Bertz CT molecular complexity index is 628. The van der Waals surface area contributed by atoms with Crippen LogP contribution in [0.2, 0.25) is 0 Å². The van der Waals surface area contributed by atoms with Crippen LogP contribution in [0.4, 0.5) is 4.39 Å². The lowest BCUT2D eigenvalue weighted by atomic mass is 9.97. The molecule has 0 atom stereocenters. The van der Waals surface area contributed by atoms with Crippen LogP contribution in [-0.2, 0) is 11.2 Å². The zero-order valence-corrected chi connectivity index (χ0v) is 12.1. The van der Waals surface area contributed by atoms with Gasteiger partial charge < -0.3 is 5.32 Å². The first-order valence-electron chi connectivity index (χ1n) is 6.38. The molecular weight excluding hydrogens is 273 g/mol. The summed E-state index contributed by atoms with van der Waals surface area (Å²) in [6, 6.07) is 12.3. The van der Waals surface area contributed by atoms with Crippen molar-refractivity contribution in [3.05, 3.63) is 53.8 Å². The van der Waals surface area contributed by atoms with Crippen LogP contribution in [0.5, 0.6) is 0 Å². The van der Waals surface area contributed by atoms with E-state index in [4.69, 9.17) is 0 Å². The Morgan fingerprint density at radius 2 is 2.05 bits per heavy atom. The van der Waals surface area contributed by atoms with Crippen LogP contribution in [0.1, 0.15) is 12.5 Å². The largest absolute Gasteiger partial charge is 0.356 e. The molecule has 2 aromatic carbocycles. The van der Waals surface area contributed by atoms with Crippen LogP contribution in [0, 0.1) is 5.82 Å². The molecule has 2 rings (SSSR count). The number of benzene rings is 2. The molecule has 0 radical (unpaired) electrons. The zero-order valence-electron chi connectivity index (χ0n) is 11.2. The summed E-state index contributed by atoms with van der Waals surface area (Å²) >= 11 is 4.34. The normalized spacial score (nSPS) is 10.3. The minimum Gasteiger partial charge on any atom is -0.356 e. The highest BCUT2D eigenvalue weighted by Gasteiger charge is 2.07. The van der Waals surface area contributed by atoms with Crippen LogP contribution in [0.3, 0.4) is 0 Å². The Labute approximate surface area is 123 Å². The first-order chi connectivity index (χ1) is 9.56. The smallest absolute Gasteiger partial charge is 0.216 e. The van der Waals surface area contributed by atoms with E-state index in [-0.39, 0.29) is 11.7 Å². The molecule has 104 valence electrons. The lowest BCUT2D eigenvalue weighted by molar-refractivity contribution is -0.118. The standard InChI is InChI=1S/C16H16FNOS/c1-11(19)18-8-7-12-5-6-15(20)10-16(12)13-3-2-4-14(17)9-13/h2-6,9-10,20H,7-8H2,1H3,(H,18,19). The van der Waals surface area contributed by atoms with Crippen LogP contribution >= 0.6 is 12.6 Å². The van der Waals surface area contributed by atoms with Gasteiger partial charge in [-0.25, -0.2) is 4.39 Å². The van der Waals surface area contributed by atoms with Gasteiger partial charge in [-0.05, 0) is 47.4 Å². The number of nitrogens with one attached hydrogen (secondary N) is 1. The first kappa shape index (κ1) is 14.6. The predicted molar refractivity (Wildman–Crippen MR) is 81.5 cm³/mol. The van der Waals surface area contributed by atoms with Crippen molar-refractivity contribution in [2.75, 3.05) is 6.54 Å². The third-order valence-electron chi connectivity index (χ3n) is 3.00. The van der Waals surface area contributed by atoms with Gasteiger partial charge in [0.2, 0.25) is 5.91 Å². The number of carbonyl (C=O) groups is 1. The molecular formula is C16H16FNOS. The van der Waals surface area contributed by atoms with Gasteiger partial charge in [0.1, 0.15) is 5.82 Å². The summed E-state index contributed by atoms with van der Waals surface area (Å²) in [6.07, 6.45) is 0.694. The fourth-order valence-electron chi connectivity index (χ4n) is 2.08. The quantitative estimate of drug-likeness (QED) is 0.829. The molecule has 0 spiro atoms. The molecule has 0 saturated carbocycles. The van der Waals surface area contributed by atoms with E-state index >= 15 is 0 Å². The fraction of sp³-hybridized carbons (Fsp3) is 0.188. The Morgan fingerprint density at radius 3 is 2.75 bits per heavy atom. The summed E-state index contributed by atoms with van der Waals surface area (Å²) in [4.78, 5) is 11.7. The minimum atomic E-state index is -0.264. The maximum Gasteiger partial charge on any atom is 0.216 e. The van der Waals surface area contributed by atoms with Crippen molar-refractivity contribution in [3.8, 4) is 11.1 Å². The SMILES string of the molecule is CC(=O)NCCc1ccc(S)cc1-c1cccc(F)c1. The topological polar surface area (TPSA) is 29.1 Å². The molecule has 20 heavy (non-hydrogen) atoms. The van der Waals surface area contributed by atoms with Crippen molar-refractivity contribution in [3.63, 3.8) is 0 Å². The Hall–Kier alpha value is -1.81. The van der Waals surface area contributed by atoms with Gasteiger partial charge in [0, 0.05) is 18.4 Å². The van der Waals surface area contributed by atoms with E-state index < -0.39 is 0 Å². The fourth-order valence-corrected chi connectivity index (χ4v) is 2.28. The highest BCUT2D eigenvalue weighted by molar-refractivity contribution is 7.80. The van der Waals surface area contributed by atoms with E-state index in [2.05, 4.69) is 17.9 Å². The van der Waals surface area contributed by atoms with E-state index in [1.807, 2.05) is 24.3 Å². The summed E-state index contributed by atoms with van der Waals surface area (Å²) in [5, 5.41) is 2.77. The van der Waals surface area contributed by atoms with Gasteiger partial charge in [-0.2, -0.15) is 0 Å². The molecule has 0 aliphatic carbocycles. The molecule has 0 unspecified atom stereocenters. The predicted octanol–water partition coefficient (Wildman–Crippen LogP) is 3.46. The molecule has 0 aromatic heterocycles. The summed E-state index contributed by atoms with van der Waals surface area (Å²) in [6.45, 7) is 2.05. The van der Waals surface area contributed by atoms with E-state index in [1.165, 1.54) is 19.1 Å². The lowest BCUT2D eigenvalue weighted by Gasteiger charge is -2.11. The first-order valence-corrected chi connectivity index (χ1v) is 6.83. The highest BCUT2D eigenvalue weighted by Crippen LogP contribution is 2.27. The number of hydrogen-bond donors (Lipinski definition) is 2. The number of amides is 1. The molecule has 0 fully saturated rings. The molecule has 1 amide bonds. The Balaban J connectivity index is 2.30. The summed E-state index contributed by atoms with van der Waals surface area (Å²) in [5.41, 5.74) is 2.82. The third-order valence-corrected chi connectivity index (χ3v) is 3.28. The van der Waals surface area contributed by atoms with Crippen molar-refractivity contribution in [2.24, 2.45) is 0 Å². The van der Waals surface area contributed by atoms with Gasteiger partial charge in [-0.3, -0.25) is 4.79 Å². The molecule has 2 nitrogen and oxygen atoms in total. The van der Waals surface area contributed by atoms with Gasteiger partial charge in [-0.1, -0.05) is 18.2 Å². The van der Waals surface area contributed by atoms with Crippen molar-refractivity contribution >= 4 is 18.5 Å². The second-order valence-corrected chi connectivity index (χ2v) is 5.10. The van der Waals surface area contributed by atoms with Gasteiger partial charge in [0.15, 0.2) is 0 Å². The maximum atomic E-state index is 13.4. The van der Waals surface area contributed by atoms with Gasteiger partial charge in [-0.15, -0.1) is 12.6 Å². The monoisotopic (exact) mass is 289 g/mol. The molecule has 0 aliphatic rings. The molecule has 4 heteroatoms. The molecule has 2 aromatic rings. The Morgan fingerprint density at radius 1 is 1.25 bits per heavy atom. The zero-order chi connectivity index (χ0) is 14.5. The second-order valence-electron chi connectivity index (χ2n) is 4.58. The number of thiol groups is 1. The van der Waals surface area contributed by atoms with Gasteiger partial charge in [0.25, 0.3) is 0 Å². The van der Waals surface area contributed by atoms with Crippen molar-refractivity contribution in [2.45, 2.75) is 18.2 Å². The van der Waals surface area contributed by atoms with E-state index in [0.29, 0.717) is 13.0 Å². The number of carbonyl (C=O) groups excluding carboxylic acids is 1. The molecule has 0 aliphatic heterocycles. The number of hydrogen-bond acceptors (Lipinski definition) is 2. The lowest BCUT2D eigenvalue weighted by Crippen LogP contribution is -2.22. The molecule has 1 N–H and O–H groups in total. The number of halogens is 1. The van der Waals surface area contributed by atoms with Crippen LogP contribution in [0.15, 0.2) is 47.4 Å². The second kappa shape index (κ2) is 6.57. The average molecular weight is 289 g/mol.